The Bertz CT molecular complexity index is 581. The minimum absolute atomic E-state index is 0.292. The summed E-state index contributed by atoms with van der Waals surface area (Å²) in [5, 5.41) is 0.604. The molecule has 2 atom stereocenters. The highest BCUT2D eigenvalue weighted by Crippen LogP contribution is 2.52. The van der Waals surface area contributed by atoms with Crippen molar-refractivity contribution in [3.05, 3.63) is 42.0 Å². The Morgan fingerprint density at radius 2 is 2.14 bits per heavy atom. The van der Waals surface area contributed by atoms with Crippen molar-refractivity contribution in [3.8, 4) is 0 Å². The van der Waals surface area contributed by atoms with Crippen molar-refractivity contribution in [1.29, 1.82) is 0 Å². The van der Waals surface area contributed by atoms with Crippen LogP contribution in [-0.4, -0.2) is 25.3 Å². The van der Waals surface area contributed by atoms with Crippen LogP contribution in [0.15, 0.2) is 36.4 Å². The minimum Gasteiger partial charge on any atom is -0.463 e. The quantitative estimate of drug-likeness (QED) is 0.475. The molecule has 1 aromatic rings. The maximum Gasteiger partial charge on any atom is 0.362 e. The first kappa shape index (κ1) is 16.0. The van der Waals surface area contributed by atoms with Crippen LogP contribution in [0.5, 0.6) is 0 Å². The zero-order valence-electron chi connectivity index (χ0n) is 12.2. The number of fused-ring (bicyclic) bond motifs is 1. The average Bonchev–Trinajstić information content (AvgIpc) is 2.46. The van der Waals surface area contributed by atoms with Crippen LogP contribution in [-0.2, 0) is 29.6 Å². The molecule has 2 rings (SSSR count). The van der Waals surface area contributed by atoms with Crippen molar-refractivity contribution in [3.63, 3.8) is 0 Å². The molecule has 6 heteroatoms. The van der Waals surface area contributed by atoms with Crippen molar-refractivity contribution in [2.24, 2.45) is 0 Å². The maximum absolute atomic E-state index is 12.8. The molecule has 0 saturated carbocycles. The van der Waals surface area contributed by atoms with Gasteiger partial charge in [-0.2, -0.15) is 0 Å². The predicted molar refractivity (Wildman–Crippen MR) is 79.7 cm³/mol. The highest BCUT2D eigenvalue weighted by molar-refractivity contribution is 7.62. The molecule has 0 fully saturated rings. The summed E-state index contributed by atoms with van der Waals surface area (Å²) in [5.74, 6) is -0.439. The molecule has 114 valence electrons. The van der Waals surface area contributed by atoms with Crippen LogP contribution < -0.4 is 5.30 Å². The van der Waals surface area contributed by atoms with E-state index in [9.17, 15) is 9.36 Å². The van der Waals surface area contributed by atoms with E-state index in [1.807, 2.05) is 18.2 Å². The third-order valence-electron chi connectivity index (χ3n) is 3.01. The van der Waals surface area contributed by atoms with Gasteiger partial charge in [0.15, 0.2) is 0 Å². The van der Waals surface area contributed by atoms with Crippen molar-refractivity contribution in [2.75, 3.05) is 13.2 Å². The summed E-state index contributed by atoms with van der Waals surface area (Å²) in [5.41, 5.74) is 0.916. The largest absolute Gasteiger partial charge is 0.463 e. The first-order chi connectivity index (χ1) is 10.1. The molecule has 0 spiro atoms. The standard InChI is InChI=1S/C15H19O5P/c1-3-18-15(16)10-9-13-11-12-7-5-6-8-14(12)21(17,20-13)19-4-2/h5-10,13H,3-4,11H2,1-2H3/b10-9+. The molecule has 0 amide bonds. The third kappa shape index (κ3) is 3.82. The lowest BCUT2D eigenvalue weighted by Gasteiger charge is -2.29. The monoisotopic (exact) mass is 310 g/mol. The number of esters is 1. The van der Waals surface area contributed by atoms with E-state index in [-0.39, 0.29) is 0 Å². The fourth-order valence-corrected chi connectivity index (χ4v) is 4.13. The summed E-state index contributed by atoms with van der Waals surface area (Å²) >= 11 is 0. The molecular weight excluding hydrogens is 291 g/mol. The molecule has 0 aliphatic carbocycles. The van der Waals surface area contributed by atoms with Crippen LogP contribution in [0, 0.1) is 0 Å². The highest BCUT2D eigenvalue weighted by Gasteiger charge is 2.37. The molecule has 21 heavy (non-hydrogen) atoms. The molecule has 1 heterocycles. The normalized spacial score (nSPS) is 24.8. The summed E-state index contributed by atoms with van der Waals surface area (Å²) in [4.78, 5) is 11.4. The molecule has 1 aromatic carbocycles. The Morgan fingerprint density at radius 3 is 2.86 bits per heavy atom. The molecule has 2 unspecified atom stereocenters. The summed E-state index contributed by atoms with van der Waals surface area (Å²) in [6.45, 7) is 4.11. The SMILES string of the molecule is CCOC(=O)/C=C/C1Cc2ccccc2P(=O)(OCC)O1. The van der Waals surface area contributed by atoms with Crippen LogP contribution in [0.3, 0.4) is 0 Å². The second kappa shape index (κ2) is 7.03. The molecule has 0 saturated heterocycles. The van der Waals surface area contributed by atoms with E-state index in [4.69, 9.17) is 13.8 Å². The van der Waals surface area contributed by atoms with Crippen molar-refractivity contribution in [2.45, 2.75) is 26.4 Å². The lowest BCUT2D eigenvalue weighted by Crippen LogP contribution is -2.28. The van der Waals surface area contributed by atoms with Gasteiger partial charge in [-0.25, -0.2) is 4.79 Å². The van der Waals surface area contributed by atoms with E-state index < -0.39 is 19.7 Å². The molecule has 0 aromatic heterocycles. The predicted octanol–water partition coefficient (Wildman–Crippen LogP) is 2.60. The van der Waals surface area contributed by atoms with Gasteiger partial charge >= 0.3 is 13.6 Å². The van der Waals surface area contributed by atoms with Gasteiger partial charge in [0.1, 0.15) is 0 Å². The van der Waals surface area contributed by atoms with Crippen molar-refractivity contribution >= 4 is 18.9 Å². The average molecular weight is 310 g/mol. The molecule has 0 bridgehead atoms. The Morgan fingerprint density at radius 1 is 1.38 bits per heavy atom. The van der Waals surface area contributed by atoms with E-state index in [2.05, 4.69) is 0 Å². The van der Waals surface area contributed by atoms with Gasteiger partial charge in [0.25, 0.3) is 0 Å². The number of hydrogen-bond donors (Lipinski definition) is 0. The number of hydrogen-bond acceptors (Lipinski definition) is 5. The lowest BCUT2D eigenvalue weighted by atomic mass is 10.1. The topological polar surface area (TPSA) is 61.8 Å². The Kier molecular flexibility index (Phi) is 5.34. The van der Waals surface area contributed by atoms with E-state index >= 15 is 0 Å². The van der Waals surface area contributed by atoms with Crippen LogP contribution in [0.4, 0.5) is 0 Å². The highest BCUT2D eigenvalue weighted by atomic mass is 31.2. The van der Waals surface area contributed by atoms with Crippen LogP contribution in [0.2, 0.25) is 0 Å². The third-order valence-corrected chi connectivity index (χ3v) is 5.19. The van der Waals surface area contributed by atoms with Crippen molar-refractivity contribution in [1.82, 2.24) is 0 Å². The second-order valence-electron chi connectivity index (χ2n) is 4.50. The van der Waals surface area contributed by atoms with Gasteiger partial charge < -0.3 is 9.26 Å². The molecular formula is C15H19O5P. The zero-order valence-corrected chi connectivity index (χ0v) is 13.0. The second-order valence-corrected chi connectivity index (χ2v) is 6.45. The molecule has 0 N–H and O–H groups in total. The van der Waals surface area contributed by atoms with Gasteiger partial charge in [0.2, 0.25) is 0 Å². The van der Waals surface area contributed by atoms with Gasteiger partial charge in [0.05, 0.1) is 24.6 Å². The molecule has 5 nitrogen and oxygen atoms in total. The van der Waals surface area contributed by atoms with Gasteiger partial charge in [0, 0.05) is 12.5 Å². The smallest absolute Gasteiger partial charge is 0.362 e. The fourth-order valence-electron chi connectivity index (χ4n) is 2.19. The van der Waals surface area contributed by atoms with Crippen molar-refractivity contribution < 1.29 is 23.1 Å². The van der Waals surface area contributed by atoms with E-state index in [1.165, 1.54) is 6.08 Å². The molecule has 0 radical (unpaired) electrons. The van der Waals surface area contributed by atoms with Crippen LogP contribution >= 0.6 is 7.60 Å². The number of benzene rings is 1. The maximum atomic E-state index is 12.8. The van der Waals surface area contributed by atoms with E-state index in [0.29, 0.717) is 24.9 Å². The number of carbonyl (C=O) groups excluding carboxylic acids is 1. The first-order valence-electron chi connectivity index (χ1n) is 6.95. The van der Waals surface area contributed by atoms with Gasteiger partial charge in [-0.15, -0.1) is 0 Å². The fraction of sp³-hybridized carbons (Fsp3) is 0.400. The lowest BCUT2D eigenvalue weighted by molar-refractivity contribution is -0.137. The van der Waals surface area contributed by atoms with Gasteiger partial charge in [-0.1, -0.05) is 18.2 Å². The van der Waals surface area contributed by atoms with Gasteiger partial charge in [-0.3, -0.25) is 9.09 Å². The van der Waals surface area contributed by atoms with Crippen LogP contribution in [0.25, 0.3) is 0 Å². The summed E-state index contributed by atoms with van der Waals surface area (Å²) < 4.78 is 28.6. The Labute approximate surface area is 124 Å². The first-order valence-corrected chi connectivity index (χ1v) is 8.49. The number of ether oxygens (including phenoxy) is 1. The Hall–Kier alpha value is -1.42. The van der Waals surface area contributed by atoms with E-state index in [1.54, 1.807) is 26.0 Å². The summed E-state index contributed by atoms with van der Waals surface area (Å²) in [7, 11) is -3.34. The van der Waals surface area contributed by atoms with E-state index in [0.717, 1.165) is 5.56 Å². The minimum atomic E-state index is -3.34. The zero-order chi connectivity index (χ0) is 15.3. The van der Waals surface area contributed by atoms with Crippen LogP contribution in [0.1, 0.15) is 19.4 Å². The van der Waals surface area contributed by atoms with Gasteiger partial charge in [-0.05, 0) is 31.6 Å². The summed E-state index contributed by atoms with van der Waals surface area (Å²) in [6.07, 6.45) is 2.95. The molecule has 1 aliphatic rings. The number of rotatable bonds is 5. The number of carbonyl (C=O) groups is 1. The molecule has 1 aliphatic heterocycles. The Balaban J connectivity index is 2.22. The summed E-state index contributed by atoms with van der Waals surface area (Å²) in [6, 6.07) is 7.35.